The maximum atomic E-state index is 13.0. The first-order chi connectivity index (χ1) is 18.1. The number of aliphatic imine (C=N–C) groups is 3. The van der Waals surface area contributed by atoms with Crippen molar-refractivity contribution in [3.8, 4) is 0 Å². The van der Waals surface area contributed by atoms with Gasteiger partial charge in [0.25, 0.3) is 0 Å². The van der Waals surface area contributed by atoms with E-state index in [-0.39, 0.29) is 19.6 Å². The maximum absolute atomic E-state index is 13.0. The molecule has 1 aromatic rings. The van der Waals surface area contributed by atoms with E-state index in [2.05, 4.69) is 20.8 Å². The first-order valence-electron chi connectivity index (χ1n) is 12.9. The molecule has 0 aliphatic rings. The van der Waals surface area contributed by atoms with Crippen LogP contribution in [-0.4, -0.2) is 57.3 Å². The summed E-state index contributed by atoms with van der Waals surface area (Å²) >= 11 is 0. The molecular weight excluding hydrogens is 480 g/mol. The number of hydrogen-bond donors (Lipinski definition) is 0. The van der Waals surface area contributed by atoms with Crippen molar-refractivity contribution in [3.63, 3.8) is 0 Å². The summed E-state index contributed by atoms with van der Waals surface area (Å²) in [5.74, 6) is 3.59. The molecule has 0 saturated heterocycles. The van der Waals surface area contributed by atoms with Crippen molar-refractivity contribution in [1.82, 2.24) is 13.7 Å². The van der Waals surface area contributed by atoms with E-state index < -0.39 is 17.1 Å². The van der Waals surface area contributed by atoms with E-state index in [1.807, 2.05) is 0 Å². The SMILES string of the molecule is O=C=C=NCCCCCCn1c(=O)n(CCCCCCN=C=O)c(=O)n(CCCCCCN=C=O)c1=O. The Morgan fingerprint density at radius 1 is 0.459 bits per heavy atom. The summed E-state index contributed by atoms with van der Waals surface area (Å²) < 4.78 is 3.43. The molecule has 0 saturated carbocycles. The Balaban J connectivity index is 2.88. The first-order valence-corrected chi connectivity index (χ1v) is 12.9. The highest BCUT2D eigenvalue weighted by molar-refractivity contribution is 5.85. The van der Waals surface area contributed by atoms with E-state index in [4.69, 9.17) is 0 Å². The molecule has 0 unspecified atom stereocenters. The van der Waals surface area contributed by atoms with Crippen LogP contribution in [0.2, 0.25) is 0 Å². The Hall–Kier alpha value is -3.67. The van der Waals surface area contributed by atoms with Crippen LogP contribution < -0.4 is 17.1 Å². The van der Waals surface area contributed by atoms with Crippen molar-refractivity contribution < 1.29 is 14.4 Å². The third-order valence-corrected chi connectivity index (χ3v) is 5.84. The Kier molecular flexibility index (Phi) is 17.4. The van der Waals surface area contributed by atoms with Crippen LogP contribution in [0.3, 0.4) is 0 Å². The molecule has 0 radical (unpaired) electrons. The van der Waals surface area contributed by atoms with E-state index >= 15 is 0 Å². The molecule has 12 heteroatoms. The molecule has 0 aliphatic carbocycles. The van der Waals surface area contributed by atoms with Crippen molar-refractivity contribution in [2.24, 2.45) is 15.0 Å². The summed E-state index contributed by atoms with van der Waals surface area (Å²) in [6.07, 6.45) is 11.7. The summed E-state index contributed by atoms with van der Waals surface area (Å²) in [6, 6.07) is 0. The molecule has 202 valence electrons. The van der Waals surface area contributed by atoms with E-state index in [1.165, 1.54) is 18.1 Å². The van der Waals surface area contributed by atoms with E-state index in [0.717, 1.165) is 71.5 Å². The van der Waals surface area contributed by atoms with Gasteiger partial charge < -0.3 is 0 Å². The van der Waals surface area contributed by atoms with Gasteiger partial charge in [-0.15, -0.1) is 0 Å². The van der Waals surface area contributed by atoms with Gasteiger partial charge in [0.15, 0.2) is 5.94 Å². The van der Waals surface area contributed by atoms with E-state index in [0.29, 0.717) is 38.9 Å². The zero-order chi connectivity index (χ0) is 27.1. The molecule has 0 fully saturated rings. The number of aromatic nitrogens is 3. The van der Waals surface area contributed by atoms with Crippen molar-refractivity contribution in [3.05, 3.63) is 31.5 Å². The van der Waals surface area contributed by atoms with Crippen molar-refractivity contribution in [2.75, 3.05) is 19.6 Å². The van der Waals surface area contributed by atoms with Gasteiger partial charge in [0, 0.05) is 26.2 Å². The maximum Gasteiger partial charge on any atom is 0.336 e. The van der Waals surface area contributed by atoms with Gasteiger partial charge in [-0.2, -0.15) is 0 Å². The van der Waals surface area contributed by atoms with Crippen molar-refractivity contribution in [1.29, 1.82) is 0 Å². The number of hydrogen-bond acceptors (Lipinski definition) is 9. The Morgan fingerprint density at radius 3 is 1.11 bits per heavy atom. The lowest BCUT2D eigenvalue weighted by Crippen LogP contribution is -2.54. The van der Waals surface area contributed by atoms with Crippen LogP contribution in [0.1, 0.15) is 77.0 Å². The largest absolute Gasteiger partial charge is 0.336 e. The molecule has 0 bridgehead atoms. The summed E-state index contributed by atoms with van der Waals surface area (Å²) in [5.41, 5.74) is -1.78. The normalized spacial score (nSPS) is 10.2. The molecule has 0 atom stereocenters. The number of isocyanates is 2. The number of nitrogens with zero attached hydrogens (tertiary/aromatic N) is 6. The first kappa shape index (κ1) is 31.4. The van der Waals surface area contributed by atoms with Crippen LogP contribution >= 0.6 is 0 Å². The monoisotopic (exact) mass is 516 g/mol. The average Bonchev–Trinajstić information content (AvgIpc) is 2.89. The molecule has 1 aromatic heterocycles. The zero-order valence-electron chi connectivity index (χ0n) is 21.4. The third kappa shape index (κ3) is 12.7. The van der Waals surface area contributed by atoms with Crippen LogP contribution in [0.5, 0.6) is 0 Å². The fourth-order valence-electron chi connectivity index (χ4n) is 3.88. The molecule has 0 spiro atoms. The predicted octanol–water partition coefficient (Wildman–Crippen LogP) is 1.58. The minimum absolute atomic E-state index is 0.209. The van der Waals surface area contributed by atoms with E-state index in [9.17, 15) is 28.8 Å². The quantitative estimate of drug-likeness (QED) is 0.105. The second kappa shape index (κ2) is 20.5. The summed E-state index contributed by atoms with van der Waals surface area (Å²) in [5, 5.41) is 0. The fraction of sp³-hybridized carbons (Fsp3) is 0.720. The Morgan fingerprint density at radius 2 is 0.784 bits per heavy atom. The molecule has 0 aromatic carbocycles. The van der Waals surface area contributed by atoms with Crippen LogP contribution in [0.25, 0.3) is 0 Å². The smallest absolute Gasteiger partial charge is 0.247 e. The summed E-state index contributed by atoms with van der Waals surface area (Å²) in [6.45, 7) is 1.91. The van der Waals surface area contributed by atoms with Gasteiger partial charge in [-0.3, -0.25) is 0 Å². The van der Waals surface area contributed by atoms with Crippen LogP contribution in [0, 0.1) is 0 Å². The average molecular weight is 517 g/mol. The molecule has 0 aliphatic heterocycles. The highest BCUT2D eigenvalue weighted by atomic mass is 16.2. The number of carbonyl (C=O) groups excluding carboxylic acids is 3. The minimum atomic E-state index is -0.594. The Bertz CT molecular complexity index is 1110. The molecular formula is C25H36N6O6. The minimum Gasteiger partial charge on any atom is -0.247 e. The molecule has 12 nitrogen and oxygen atoms in total. The van der Waals surface area contributed by atoms with Crippen LogP contribution in [0.4, 0.5) is 0 Å². The predicted molar refractivity (Wildman–Crippen MR) is 139 cm³/mol. The van der Waals surface area contributed by atoms with Gasteiger partial charge in [0.05, 0.1) is 19.0 Å². The van der Waals surface area contributed by atoms with Gasteiger partial charge in [0.2, 0.25) is 12.2 Å². The highest BCUT2D eigenvalue weighted by Gasteiger charge is 2.15. The molecule has 0 amide bonds. The van der Waals surface area contributed by atoms with Gasteiger partial charge in [-0.1, -0.05) is 38.5 Å². The van der Waals surface area contributed by atoms with Gasteiger partial charge in [0.1, 0.15) is 0 Å². The van der Waals surface area contributed by atoms with Gasteiger partial charge in [-0.25, -0.2) is 57.4 Å². The second-order valence-corrected chi connectivity index (χ2v) is 8.59. The third-order valence-electron chi connectivity index (χ3n) is 5.84. The fourth-order valence-corrected chi connectivity index (χ4v) is 3.88. The number of rotatable bonds is 21. The molecule has 1 heterocycles. The molecule has 0 N–H and O–H groups in total. The second-order valence-electron chi connectivity index (χ2n) is 8.59. The van der Waals surface area contributed by atoms with Gasteiger partial charge >= 0.3 is 17.1 Å². The number of unbranched alkanes of at least 4 members (excludes halogenated alkanes) is 9. The standard InChI is InChI=1S/C25H36N6O6/c32-20-16-26-13-7-1-4-10-17-29-23(35)30(18-11-5-2-8-14-27-21-33)25(37)31(24(29)36)19-12-6-3-9-15-28-22-34/h1-15,17-19H2. The summed E-state index contributed by atoms with van der Waals surface area (Å²) in [4.78, 5) is 80.2. The Labute approximate surface area is 215 Å². The molecule has 37 heavy (non-hydrogen) atoms. The van der Waals surface area contributed by atoms with Crippen molar-refractivity contribution >= 4 is 24.0 Å². The zero-order valence-corrected chi connectivity index (χ0v) is 21.4. The summed E-state index contributed by atoms with van der Waals surface area (Å²) in [7, 11) is 0. The highest BCUT2D eigenvalue weighted by Crippen LogP contribution is 2.03. The van der Waals surface area contributed by atoms with Crippen LogP contribution in [0.15, 0.2) is 29.4 Å². The lowest BCUT2D eigenvalue weighted by atomic mass is 10.2. The lowest BCUT2D eigenvalue weighted by Gasteiger charge is -2.14. The lowest BCUT2D eigenvalue weighted by molar-refractivity contribution is 0.413. The molecule has 1 rings (SSSR count). The van der Waals surface area contributed by atoms with Gasteiger partial charge in [-0.05, 0) is 38.5 Å². The van der Waals surface area contributed by atoms with Crippen molar-refractivity contribution in [2.45, 2.75) is 96.7 Å². The van der Waals surface area contributed by atoms with E-state index in [1.54, 1.807) is 0 Å². The van der Waals surface area contributed by atoms with Crippen LogP contribution in [-0.2, 0) is 34.0 Å². The topological polar surface area (TPSA) is 154 Å².